The van der Waals surface area contributed by atoms with Crippen molar-refractivity contribution in [2.24, 2.45) is 23.2 Å². The highest BCUT2D eigenvalue weighted by Crippen LogP contribution is 2.46. The van der Waals surface area contributed by atoms with Crippen LogP contribution >= 0.6 is 0 Å². The van der Waals surface area contributed by atoms with E-state index < -0.39 is 29.4 Å². The number of allylic oxidation sites excluding steroid dienone is 2. The maximum absolute atomic E-state index is 13.5. The van der Waals surface area contributed by atoms with Crippen molar-refractivity contribution >= 4 is 23.8 Å². The van der Waals surface area contributed by atoms with Crippen LogP contribution in [0.3, 0.4) is 0 Å². The van der Waals surface area contributed by atoms with Crippen LogP contribution in [0, 0.1) is 23.2 Å². The Hall–Kier alpha value is -5.40. The number of aliphatic carboxylic acids is 1. The molecule has 3 aromatic rings. The molecule has 0 spiro atoms. The predicted octanol–water partition coefficient (Wildman–Crippen LogP) is 5.52. The first kappa shape index (κ1) is 51.6. The number of carboxylic acid groups (broad SMARTS) is 1. The molecule has 1 heterocycles. The minimum absolute atomic E-state index is 0.0188. The van der Waals surface area contributed by atoms with E-state index in [4.69, 9.17) is 23.7 Å². The number of esters is 1. The third kappa shape index (κ3) is 13.8. The smallest absolute Gasteiger partial charge is 0.306 e. The van der Waals surface area contributed by atoms with Crippen molar-refractivity contribution in [3.05, 3.63) is 102 Å². The van der Waals surface area contributed by atoms with Gasteiger partial charge in [0.2, 0.25) is 11.8 Å². The van der Waals surface area contributed by atoms with Gasteiger partial charge in [0.25, 0.3) is 0 Å². The Balaban J connectivity index is 0.00000108. The molecule has 2 N–H and O–H groups in total. The average Bonchev–Trinajstić information content (AvgIpc) is 4.00. The van der Waals surface area contributed by atoms with Gasteiger partial charge in [0, 0.05) is 43.4 Å². The first-order valence-corrected chi connectivity index (χ1v) is 23.9. The maximum Gasteiger partial charge on any atom is 0.306 e. The van der Waals surface area contributed by atoms with Crippen LogP contribution in [0.25, 0.3) is 0 Å². The van der Waals surface area contributed by atoms with E-state index in [9.17, 15) is 24.3 Å². The third-order valence-electron chi connectivity index (χ3n) is 13.8. The van der Waals surface area contributed by atoms with Crippen LogP contribution in [0.1, 0.15) is 102 Å². The van der Waals surface area contributed by atoms with Crippen molar-refractivity contribution in [3.8, 4) is 17.2 Å². The fourth-order valence-corrected chi connectivity index (χ4v) is 9.47. The van der Waals surface area contributed by atoms with Crippen LogP contribution in [-0.2, 0) is 34.3 Å². The van der Waals surface area contributed by atoms with Crippen molar-refractivity contribution in [1.82, 2.24) is 10.2 Å². The number of benzene rings is 3. The summed E-state index contributed by atoms with van der Waals surface area (Å²) < 4.78 is 29.6. The lowest BCUT2D eigenvalue weighted by atomic mass is 9.77. The van der Waals surface area contributed by atoms with Crippen molar-refractivity contribution in [1.29, 1.82) is 0 Å². The molecule has 66 heavy (non-hydrogen) atoms. The fourth-order valence-electron chi connectivity index (χ4n) is 9.47. The highest BCUT2D eigenvalue weighted by Gasteiger charge is 2.44. The van der Waals surface area contributed by atoms with E-state index in [0.29, 0.717) is 68.0 Å². The molecule has 0 radical (unpaired) electrons. The number of carbonyl (C=O) groups is 4. The number of likely N-dealkylation sites (tertiary alicyclic amines) is 1. The van der Waals surface area contributed by atoms with Gasteiger partial charge in [-0.2, -0.15) is 0 Å². The summed E-state index contributed by atoms with van der Waals surface area (Å²) in [6, 6.07) is 23.1. The van der Waals surface area contributed by atoms with Crippen LogP contribution in [-0.4, -0.2) is 102 Å². The molecule has 2 bridgehead atoms. The molecule has 360 valence electrons. The van der Waals surface area contributed by atoms with E-state index in [1.54, 1.807) is 26.2 Å². The van der Waals surface area contributed by atoms with Crippen molar-refractivity contribution in [2.75, 3.05) is 73.8 Å². The SMILES string of the molecule is CC[NH+](CC)CC.COc1ccc(C(OCC2(COC(=O)CCC(=O)[O-])CCN(C(=O)CCCCCNC(=O)C3CC4C=CC3C4)CC2)(c2ccc(OC)cc2)c2ccc(OC)cc2)cc1. The van der Waals surface area contributed by atoms with Gasteiger partial charge in [-0.25, -0.2) is 0 Å². The van der Waals surface area contributed by atoms with Crippen LogP contribution in [0.4, 0.5) is 0 Å². The predicted molar refractivity (Wildman–Crippen MR) is 251 cm³/mol. The van der Waals surface area contributed by atoms with Crippen molar-refractivity contribution in [2.45, 2.75) is 90.6 Å². The molecule has 13 nitrogen and oxygen atoms in total. The zero-order valence-corrected chi connectivity index (χ0v) is 40.1. The van der Waals surface area contributed by atoms with Crippen molar-refractivity contribution in [3.63, 3.8) is 0 Å². The number of nitrogens with one attached hydrogen (secondary N) is 2. The number of hydrogen-bond donors (Lipinski definition) is 2. The second-order valence-corrected chi connectivity index (χ2v) is 17.9. The molecular weight excluding hydrogens is 839 g/mol. The van der Waals surface area contributed by atoms with Gasteiger partial charge in [-0.05, 0) is 131 Å². The molecule has 6 rings (SSSR count). The normalized spacial score (nSPS) is 18.3. The summed E-state index contributed by atoms with van der Waals surface area (Å²) in [5.74, 6) is 1.32. The molecule has 1 saturated carbocycles. The number of ether oxygens (including phenoxy) is 5. The van der Waals surface area contributed by atoms with E-state index in [2.05, 4.69) is 38.2 Å². The topological polar surface area (TPSA) is 157 Å². The molecule has 0 aromatic heterocycles. The van der Waals surface area contributed by atoms with E-state index in [-0.39, 0.29) is 37.4 Å². The van der Waals surface area contributed by atoms with Gasteiger partial charge in [-0.15, -0.1) is 0 Å². The van der Waals surface area contributed by atoms with Crippen LogP contribution in [0.15, 0.2) is 84.9 Å². The number of unbranched alkanes of at least 4 members (excludes halogenated alkanes) is 2. The number of amides is 2. The standard InChI is InChI=1S/C47H58N2O10.C6H15N/c1-55-38-16-10-35(11-17-38)47(36-12-18-39(56-2)19-13-36,37-14-20-40(57-3)21-15-37)59-32-46(31-58-44(53)23-22-43(51)52)24-27-49(28-25-46)42(50)7-5-4-6-26-48-45(54)41-30-33-8-9-34(41)29-33;1-4-7(5-2)6-3/h8-21,33-34,41H,4-7,22-32H2,1-3H3,(H,48,54)(H,51,52);4-6H2,1-3H3. The fraction of sp³-hybridized carbons (Fsp3) is 0.547. The van der Waals surface area contributed by atoms with Crippen molar-refractivity contribution < 1.29 is 52.9 Å². The number of methoxy groups -OCH3 is 3. The van der Waals surface area contributed by atoms with Gasteiger partial charge in [0.15, 0.2) is 0 Å². The molecule has 2 fully saturated rings. The largest absolute Gasteiger partial charge is 0.550 e. The molecule has 13 heteroatoms. The lowest BCUT2D eigenvalue weighted by molar-refractivity contribution is -0.894. The molecule has 1 saturated heterocycles. The number of fused-ring (bicyclic) bond motifs is 2. The summed E-state index contributed by atoms with van der Waals surface area (Å²) in [4.78, 5) is 53.6. The van der Waals surface area contributed by atoms with Crippen LogP contribution < -0.4 is 29.5 Å². The first-order chi connectivity index (χ1) is 31.9. The quantitative estimate of drug-likeness (QED) is 0.0508. The molecular formula is C53H73N3O10. The third-order valence-corrected chi connectivity index (χ3v) is 13.8. The lowest BCUT2D eigenvalue weighted by Crippen LogP contribution is -3.11. The molecule has 1 aliphatic heterocycles. The van der Waals surface area contributed by atoms with Gasteiger partial charge in [0.05, 0.1) is 60.6 Å². The zero-order chi connectivity index (χ0) is 47.5. The number of nitrogens with zero attached hydrogens (tertiary/aromatic N) is 1. The van der Waals surface area contributed by atoms with Gasteiger partial charge >= 0.3 is 5.97 Å². The number of carbonyl (C=O) groups excluding carboxylic acids is 4. The number of rotatable bonds is 24. The first-order valence-electron chi connectivity index (χ1n) is 23.9. The van der Waals surface area contributed by atoms with Crippen LogP contribution in [0.5, 0.6) is 17.2 Å². The van der Waals surface area contributed by atoms with Crippen LogP contribution in [0.2, 0.25) is 0 Å². The summed E-state index contributed by atoms with van der Waals surface area (Å²) in [6.07, 6.45) is 9.48. The minimum Gasteiger partial charge on any atom is -0.550 e. The van der Waals surface area contributed by atoms with E-state index in [0.717, 1.165) is 48.8 Å². The highest BCUT2D eigenvalue weighted by atomic mass is 16.5. The number of piperidine rings is 1. The summed E-state index contributed by atoms with van der Waals surface area (Å²) in [7, 11) is 4.84. The van der Waals surface area contributed by atoms with E-state index in [1.807, 2.05) is 77.7 Å². The summed E-state index contributed by atoms with van der Waals surface area (Å²) in [5.41, 5.74) is 0.591. The Morgan fingerprint density at radius 1 is 0.697 bits per heavy atom. The maximum atomic E-state index is 13.5. The Bertz CT molecular complexity index is 1890. The summed E-state index contributed by atoms with van der Waals surface area (Å²) >= 11 is 0. The molecule has 3 unspecified atom stereocenters. The van der Waals surface area contributed by atoms with E-state index >= 15 is 0 Å². The monoisotopic (exact) mass is 912 g/mol. The number of carboxylic acids is 1. The van der Waals surface area contributed by atoms with Gasteiger partial charge in [0.1, 0.15) is 22.8 Å². The zero-order valence-electron chi connectivity index (χ0n) is 40.1. The molecule has 3 aromatic carbocycles. The van der Waals surface area contributed by atoms with E-state index in [1.165, 1.54) is 19.6 Å². The Morgan fingerprint density at radius 3 is 1.65 bits per heavy atom. The second-order valence-electron chi connectivity index (χ2n) is 17.9. The minimum atomic E-state index is -1.33. The van der Waals surface area contributed by atoms with Gasteiger partial charge < -0.3 is 48.7 Å². The van der Waals surface area contributed by atoms with Gasteiger partial charge in [-0.3, -0.25) is 14.4 Å². The molecule has 2 amide bonds. The van der Waals surface area contributed by atoms with Gasteiger partial charge in [-0.1, -0.05) is 55.0 Å². The number of hydrogen-bond acceptors (Lipinski definition) is 10. The Labute approximate surface area is 392 Å². The number of quaternary nitrogens is 1. The Kier molecular flexibility index (Phi) is 19.9. The highest BCUT2D eigenvalue weighted by molar-refractivity contribution is 5.80. The molecule has 3 atom stereocenters. The average molecular weight is 912 g/mol. The molecule has 3 aliphatic rings. The molecule has 2 aliphatic carbocycles. The summed E-state index contributed by atoms with van der Waals surface area (Å²) in [6.45, 7) is 12.1. The second kappa shape index (κ2) is 25.5. The summed E-state index contributed by atoms with van der Waals surface area (Å²) in [5, 5.41) is 14.2. The Morgan fingerprint density at radius 2 is 1.23 bits per heavy atom. The lowest BCUT2D eigenvalue weighted by Gasteiger charge is -2.44.